The Balaban J connectivity index is 1.75. The molecule has 0 radical (unpaired) electrons. The Bertz CT molecular complexity index is 789. The largest absolute Gasteiger partial charge is 0.487 e. The molecule has 0 fully saturated rings. The molecule has 9 heteroatoms. The van der Waals surface area contributed by atoms with Gasteiger partial charge in [0.05, 0.1) is 12.1 Å². The van der Waals surface area contributed by atoms with Gasteiger partial charge in [-0.05, 0) is 51.1 Å². The maximum Gasteiger partial charge on any atom is 0.322 e. The van der Waals surface area contributed by atoms with E-state index in [9.17, 15) is 9.18 Å². The van der Waals surface area contributed by atoms with Crippen molar-refractivity contribution in [2.24, 2.45) is 0 Å². The summed E-state index contributed by atoms with van der Waals surface area (Å²) < 4.78 is 19.5. The molecule has 1 atom stereocenters. The molecule has 1 aliphatic rings. The van der Waals surface area contributed by atoms with Crippen molar-refractivity contribution in [1.82, 2.24) is 25.5 Å². The molecule has 0 saturated carbocycles. The van der Waals surface area contributed by atoms with Crippen LogP contribution in [0.2, 0.25) is 0 Å². The highest BCUT2D eigenvalue weighted by Crippen LogP contribution is 2.39. The summed E-state index contributed by atoms with van der Waals surface area (Å²) in [7, 11) is 0. The van der Waals surface area contributed by atoms with Crippen LogP contribution in [0.1, 0.15) is 51.8 Å². The Kier molecular flexibility index (Phi) is 4.32. The van der Waals surface area contributed by atoms with E-state index in [0.29, 0.717) is 17.7 Å². The molecule has 134 valence electrons. The lowest BCUT2D eigenvalue weighted by Crippen LogP contribution is -2.42. The molecule has 2 amide bonds. The van der Waals surface area contributed by atoms with Crippen molar-refractivity contribution in [2.75, 3.05) is 5.32 Å². The minimum atomic E-state index is -0.485. The molecule has 3 rings (SSSR count). The maximum absolute atomic E-state index is 13.6. The van der Waals surface area contributed by atoms with E-state index in [1.165, 1.54) is 16.9 Å². The minimum Gasteiger partial charge on any atom is -0.487 e. The van der Waals surface area contributed by atoms with Crippen LogP contribution in [0.4, 0.5) is 15.1 Å². The zero-order chi connectivity index (χ0) is 18.2. The summed E-state index contributed by atoms with van der Waals surface area (Å²) in [6.07, 6.45) is 0.503. The van der Waals surface area contributed by atoms with Crippen LogP contribution >= 0.6 is 0 Å². The Labute approximate surface area is 144 Å². The molecule has 0 bridgehead atoms. The lowest BCUT2D eigenvalue weighted by Gasteiger charge is -2.37. The number of nitrogens with one attached hydrogen (secondary N) is 2. The molecule has 8 nitrogen and oxygen atoms in total. The Morgan fingerprint density at radius 1 is 1.44 bits per heavy atom. The van der Waals surface area contributed by atoms with Crippen LogP contribution in [0, 0.1) is 5.82 Å². The maximum atomic E-state index is 13.6. The van der Waals surface area contributed by atoms with Crippen molar-refractivity contribution in [1.29, 1.82) is 0 Å². The van der Waals surface area contributed by atoms with Gasteiger partial charge in [-0.25, -0.2) is 9.18 Å². The lowest BCUT2D eigenvalue weighted by molar-refractivity contribution is 0.0680. The van der Waals surface area contributed by atoms with Gasteiger partial charge in [-0.2, -0.15) is 4.80 Å². The summed E-state index contributed by atoms with van der Waals surface area (Å²) in [6, 6.07) is 3.45. The van der Waals surface area contributed by atoms with Crippen LogP contribution in [0.5, 0.6) is 5.75 Å². The first kappa shape index (κ1) is 17.1. The first-order valence-electron chi connectivity index (χ1n) is 8.09. The summed E-state index contributed by atoms with van der Waals surface area (Å²) in [5.41, 5.74) is 0.121. The van der Waals surface area contributed by atoms with E-state index in [4.69, 9.17) is 4.74 Å². The second-order valence-electron chi connectivity index (χ2n) is 6.93. The highest BCUT2D eigenvalue weighted by molar-refractivity contribution is 5.87. The topological polar surface area (TPSA) is 94.0 Å². The lowest BCUT2D eigenvalue weighted by atomic mass is 9.90. The van der Waals surface area contributed by atoms with Gasteiger partial charge in [0.2, 0.25) is 0 Å². The molecule has 1 unspecified atom stereocenters. The van der Waals surface area contributed by atoms with Crippen molar-refractivity contribution in [2.45, 2.75) is 51.8 Å². The van der Waals surface area contributed by atoms with Gasteiger partial charge in [0.25, 0.3) is 5.95 Å². The van der Waals surface area contributed by atoms with E-state index in [0.717, 1.165) is 0 Å². The van der Waals surface area contributed by atoms with Gasteiger partial charge in [-0.15, -0.1) is 5.10 Å². The monoisotopic (exact) mass is 348 g/mol. The molecule has 0 saturated heterocycles. The summed E-state index contributed by atoms with van der Waals surface area (Å²) in [5, 5.41) is 17.1. The van der Waals surface area contributed by atoms with Crippen molar-refractivity contribution in [3.05, 3.63) is 29.6 Å². The number of carbonyl (C=O) groups is 1. The van der Waals surface area contributed by atoms with Crippen molar-refractivity contribution in [3.8, 4) is 5.75 Å². The number of halogens is 1. The molecule has 2 aromatic rings. The van der Waals surface area contributed by atoms with Crippen LogP contribution in [0.15, 0.2) is 18.2 Å². The summed E-state index contributed by atoms with van der Waals surface area (Å²) >= 11 is 0. The van der Waals surface area contributed by atoms with E-state index in [1.54, 1.807) is 6.07 Å². The first-order valence-corrected chi connectivity index (χ1v) is 8.09. The molecule has 0 spiro atoms. The van der Waals surface area contributed by atoms with Gasteiger partial charge >= 0.3 is 6.03 Å². The fraction of sp³-hybridized carbons (Fsp3) is 0.500. The standard InChI is InChI=1S/C16H21FN6O2/c1-9(2)23-21-14(20-22-23)19-15(24)18-12-8-16(3,4)25-13-6-5-10(17)7-11(12)13/h5-7,9,12H,8H2,1-4H3,(H2,18,19,21,24). The molecule has 1 aromatic heterocycles. The SMILES string of the molecule is CC(C)n1nnc(NC(=O)NC2CC(C)(C)Oc3ccc(F)cc32)n1. The van der Waals surface area contributed by atoms with E-state index in [1.807, 2.05) is 27.7 Å². The number of hydrogen-bond acceptors (Lipinski definition) is 5. The number of urea groups is 1. The average Bonchev–Trinajstić information content (AvgIpc) is 2.96. The van der Waals surface area contributed by atoms with E-state index in [-0.39, 0.29) is 17.8 Å². The highest BCUT2D eigenvalue weighted by Gasteiger charge is 2.35. The fourth-order valence-electron chi connectivity index (χ4n) is 2.74. The molecule has 0 aliphatic carbocycles. The summed E-state index contributed by atoms with van der Waals surface area (Å²) in [4.78, 5) is 13.7. The Morgan fingerprint density at radius 3 is 2.88 bits per heavy atom. The van der Waals surface area contributed by atoms with Crippen LogP contribution in [0.25, 0.3) is 0 Å². The van der Waals surface area contributed by atoms with Gasteiger partial charge in [0.15, 0.2) is 0 Å². The van der Waals surface area contributed by atoms with Crippen molar-refractivity contribution in [3.63, 3.8) is 0 Å². The molecular formula is C16H21FN6O2. The summed E-state index contributed by atoms with van der Waals surface area (Å²) in [5.74, 6) is 0.291. The molecular weight excluding hydrogens is 327 g/mol. The smallest absolute Gasteiger partial charge is 0.322 e. The number of amides is 2. The highest BCUT2D eigenvalue weighted by atomic mass is 19.1. The minimum absolute atomic E-state index is 0.0391. The van der Waals surface area contributed by atoms with Gasteiger partial charge in [-0.3, -0.25) is 5.32 Å². The normalized spacial score (nSPS) is 18.4. The second kappa shape index (κ2) is 6.30. The first-order chi connectivity index (χ1) is 11.7. The Morgan fingerprint density at radius 2 is 2.20 bits per heavy atom. The van der Waals surface area contributed by atoms with Gasteiger partial charge < -0.3 is 10.1 Å². The quantitative estimate of drug-likeness (QED) is 0.889. The predicted molar refractivity (Wildman–Crippen MR) is 88.8 cm³/mol. The third kappa shape index (κ3) is 3.86. The van der Waals surface area contributed by atoms with Crippen LogP contribution in [-0.4, -0.2) is 31.8 Å². The second-order valence-corrected chi connectivity index (χ2v) is 6.93. The average molecular weight is 348 g/mol. The number of ether oxygens (including phenoxy) is 1. The van der Waals surface area contributed by atoms with Gasteiger partial charge in [-0.1, -0.05) is 5.10 Å². The number of anilines is 1. The molecule has 1 aliphatic heterocycles. The number of benzene rings is 1. The number of tetrazole rings is 1. The molecule has 2 N–H and O–H groups in total. The molecule has 1 aromatic carbocycles. The van der Waals surface area contributed by atoms with Crippen molar-refractivity contribution < 1.29 is 13.9 Å². The predicted octanol–water partition coefficient (Wildman–Crippen LogP) is 2.82. The number of carbonyl (C=O) groups excluding carboxylic acids is 1. The number of aromatic nitrogens is 4. The number of nitrogens with zero attached hydrogens (tertiary/aromatic N) is 4. The Hall–Kier alpha value is -2.71. The number of rotatable bonds is 3. The van der Waals surface area contributed by atoms with E-state index in [2.05, 4.69) is 26.0 Å². The third-order valence-electron chi connectivity index (χ3n) is 3.85. The molecule has 25 heavy (non-hydrogen) atoms. The van der Waals surface area contributed by atoms with Gasteiger partial charge in [0.1, 0.15) is 17.2 Å². The number of fused-ring (bicyclic) bond motifs is 1. The zero-order valence-corrected chi connectivity index (χ0v) is 14.6. The van der Waals surface area contributed by atoms with E-state index >= 15 is 0 Å². The van der Waals surface area contributed by atoms with Crippen LogP contribution in [-0.2, 0) is 0 Å². The van der Waals surface area contributed by atoms with Crippen molar-refractivity contribution >= 4 is 12.0 Å². The number of hydrogen-bond donors (Lipinski definition) is 2. The fourth-order valence-corrected chi connectivity index (χ4v) is 2.74. The van der Waals surface area contributed by atoms with Gasteiger partial charge in [0, 0.05) is 12.0 Å². The van der Waals surface area contributed by atoms with E-state index < -0.39 is 17.7 Å². The zero-order valence-electron chi connectivity index (χ0n) is 14.6. The van der Waals surface area contributed by atoms with Crippen LogP contribution < -0.4 is 15.4 Å². The molecule has 2 heterocycles. The van der Waals surface area contributed by atoms with Crippen LogP contribution in [0.3, 0.4) is 0 Å². The third-order valence-corrected chi connectivity index (χ3v) is 3.85. The summed E-state index contributed by atoms with van der Waals surface area (Å²) in [6.45, 7) is 7.64.